The third-order valence-corrected chi connectivity index (χ3v) is 7.32. The van der Waals surface area contributed by atoms with E-state index in [4.69, 9.17) is 5.73 Å². The largest absolute Gasteiger partial charge is 0.416 e. The first kappa shape index (κ1) is 33.3. The van der Waals surface area contributed by atoms with Crippen molar-refractivity contribution in [3.8, 4) is 22.8 Å². The molecule has 0 fully saturated rings. The van der Waals surface area contributed by atoms with Crippen LogP contribution in [0.3, 0.4) is 0 Å². The molecule has 2 N–H and O–H groups in total. The minimum Gasteiger partial charge on any atom is -0.397 e. The van der Waals surface area contributed by atoms with Gasteiger partial charge >= 0.3 is 12.4 Å². The zero-order valence-electron chi connectivity index (χ0n) is 24.8. The molecule has 0 radical (unpaired) electrons. The average Bonchev–Trinajstić information content (AvgIpc) is 3.04. The highest BCUT2D eigenvalue weighted by Gasteiger charge is 2.32. The second kappa shape index (κ2) is 12.3. The van der Waals surface area contributed by atoms with Gasteiger partial charge in [-0.25, -0.2) is 9.97 Å². The van der Waals surface area contributed by atoms with Gasteiger partial charge in [0.25, 0.3) is 16.8 Å². The summed E-state index contributed by atoms with van der Waals surface area (Å²) in [5.41, 5.74) is 3.45. The van der Waals surface area contributed by atoms with E-state index < -0.39 is 34.0 Å². The third kappa shape index (κ3) is 6.31. The maximum Gasteiger partial charge on any atom is 0.416 e. The highest BCUT2D eigenvalue weighted by Crippen LogP contribution is 2.33. The van der Waals surface area contributed by atoms with Crippen LogP contribution in [0.2, 0.25) is 0 Å². The molecular formula is C32H22F6N6O4. The van der Waals surface area contributed by atoms with E-state index in [1.54, 1.807) is 18.2 Å². The van der Waals surface area contributed by atoms with Crippen LogP contribution in [0.25, 0.3) is 44.6 Å². The van der Waals surface area contributed by atoms with Crippen molar-refractivity contribution >= 4 is 33.2 Å². The Kier molecular flexibility index (Phi) is 8.52. The van der Waals surface area contributed by atoms with Gasteiger partial charge < -0.3 is 5.73 Å². The number of anilines is 1. The number of nitrogens with zero attached hydrogens (tertiary/aromatic N) is 5. The van der Waals surface area contributed by atoms with Gasteiger partial charge in [0.15, 0.2) is 5.52 Å². The Labute approximate surface area is 265 Å². The van der Waals surface area contributed by atoms with Gasteiger partial charge in [-0.15, -0.1) is 0 Å². The number of aromatic nitrogens is 4. The van der Waals surface area contributed by atoms with Crippen molar-refractivity contribution in [3.63, 3.8) is 0 Å². The number of nitrogens with two attached hydrogens (primary N) is 1. The SMILES string of the molecule is Cn1c(-c2cccc(C(F)(F)F)c2)nc2c(N)cccc2c1=O.Cn1c(-c2cccc(C(F)(F)F)c2)nc2c([N+](=O)[O-])cccc2c1=O. The molecule has 0 unspecified atom stereocenters. The molecule has 0 atom stereocenters. The zero-order valence-corrected chi connectivity index (χ0v) is 24.8. The molecule has 0 spiro atoms. The second-order valence-corrected chi connectivity index (χ2v) is 10.4. The molecule has 0 bridgehead atoms. The highest BCUT2D eigenvalue weighted by molar-refractivity contribution is 5.90. The summed E-state index contributed by atoms with van der Waals surface area (Å²) >= 11 is 0. The number of nitrogen functional groups attached to an aromatic ring is 1. The van der Waals surface area contributed by atoms with Crippen LogP contribution in [0.5, 0.6) is 0 Å². The summed E-state index contributed by atoms with van der Waals surface area (Å²) in [7, 11) is 2.82. The summed E-state index contributed by atoms with van der Waals surface area (Å²) in [4.78, 5) is 43.7. The normalized spacial score (nSPS) is 11.8. The molecule has 2 aromatic heterocycles. The van der Waals surface area contributed by atoms with Gasteiger partial charge in [0, 0.05) is 31.3 Å². The fourth-order valence-corrected chi connectivity index (χ4v) is 4.93. The number of halogens is 6. The Balaban J connectivity index is 0.000000188. The maximum atomic E-state index is 12.9. The van der Waals surface area contributed by atoms with Crippen LogP contribution in [0.15, 0.2) is 94.5 Å². The fraction of sp³-hybridized carbons (Fsp3) is 0.125. The van der Waals surface area contributed by atoms with Crippen LogP contribution < -0.4 is 16.9 Å². The van der Waals surface area contributed by atoms with Gasteiger partial charge in [-0.2, -0.15) is 26.3 Å². The number of fused-ring (bicyclic) bond motifs is 2. The van der Waals surface area contributed by atoms with E-state index in [1.165, 1.54) is 61.1 Å². The molecule has 0 saturated heterocycles. The van der Waals surface area contributed by atoms with E-state index in [2.05, 4.69) is 9.97 Å². The number of para-hydroxylation sites is 2. The predicted octanol–water partition coefficient (Wildman–Crippen LogP) is 6.73. The van der Waals surface area contributed by atoms with E-state index in [0.29, 0.717) is 11.1 Å². The Morgan fingerprint density at radius 1 is 0.667 bits per heavy atom. The molecule has 246 valence electrons. The van der Waals surface area contributed by atoms with E-state index in [-0.39, 0.29) is 50.4 Å². The topological polar surface area (TPSA) is 139 Å². The number of nitro groups is 1. The van der Waals surface area contributed by atoms with Crippen LogP contribution in [0.1, 0.15) is 11.1 Å². The Morgan fingerprint density at radius 3 is 1.54 bits per heavy atom. The lowest BCUT2D eigenvalue weighted by atomic mass is 10.1. The van der Waals surface area contributed by atoms with Crippen LogP contribution in [0.4, 0.5) is 37.7 Å². The molecule has 6 rings (SSSR count). The van der Waals surface area contributed by atoms with Crippen LogP contribution >= 0.6 is 0 Å². The molecule has 0 aliphatic carbocycles. The summed E-state index contributed by atoms with van der Waals surface area (Å²) in [5.74, 6) is 0.0457. The molecule has 0 amide bonds. The summed E-state index contributed by atoms with van der Waals surface area (Å²) in [6.07, 6.45) is -9.03. The van der Waals surface area contributed by atoms with Gasteiger partial charge in [0.2, 0.25) is 0 Å². The summed E-state index contributed by atoms with van der Waals surface area (Å²) in [6.45, 7) is 0. The quantitative estimate of drug-likeness (QED) is 0.0955. The highest BCUT2D eigenvalue weighted by atomic mass is 19.4. The molecule has 4 aromatic carbocycles. The number of hydrogen-bond donors (Lipinski definition) is 1. The van der Waals surface area contributed by atoms with Crippen molar-refractivity contribution in [2.24, 2.45) is 14.1 Å². The smallest absolute Gasteiger partial charge is 0.397 e. The first-order valence-electron chi connectivity index (χ1n) is 13.7. The lowest BCUT2D eigenvalue weighted by molar-refractivity contribution is -0.383. The molecule has 0 saturated carbocycles. The fourth-order valence-electron chi connectivity index (χ4n) is 4.93. The van der Waals surface area contributed by atoms with Crippen molar-refractivity contribution < 1.29 is 31.3 Å². The summed E-state index contributed by atoms with van der Waals surface area (Å²) in [6, 6.07) is 17.7. The molecule has 6 aromatic rings. The summed E-state index contributed by atoms with van der Waals surface area (Å²) < 4.78 is 79.6. The number of hydrogen-bond acceptors (Lipinski definition) is 7. The zero-order chi connectivity index (χ0) is 35.1. The number of alkyl halides is 6. The molecule has 16 heteroatoms. The predicted molar refractivity (Wildman–Crippen MR) is 166 cm³/mol. The van der Waals surface area contributed by atoms with E-state index in [1.807, 2.05) is 0 Å². The Hall–Kier alpha value is -6.06. The molecular weight excluding hydrogens is 646 g/mol. The van der Waals surface area contributed by atoms with E-state index >= 15 is 0 Å². The first-order valence-corrected chi connectivity index (χ1v) is 13.7. The molecule has 10 nitrogen and oxygen atoms in total. The lowest BCUT2D eigenvalue weighted by Crippen LogP contribution is -2.20. The summed E-state index contributed by atoms with van der Waals surface area (Å²) in [5, 5.41) is 11.5. The van der Waals surface area contributed by atoms with Crippen molar-refractivity contribution in [2.75, 3.05) is 5.73 Å². The molecule has 0 aliphatic heterocycles. The van der Waals surface area contributed by atoms with Crippen molar-refractivity contribution in [3.05, 3.63) is 127 Å². The van der Waals surface area contributed by atoms with E-state index in [9.17, 15) is 46.0 Å². The monoisotopic (exact) mass is 668 g/mol. The van der Waals surface area contributed by atoms with Gasteiger partial charge in [-0.3, -0.25) is 28.8 Å². The maximum absolute atomic E-state index is 12.9. The molecule has 0 aliphatic rings. The standard InChI is InChI=1S/C16H10F3N3O3.C16H12F3N3O/c1-21-14(9-4-2-5-10(8-9)16(17,18)19)20-13-11(15(21)23)6-3-7-12(13)22(24)25;1-22-14(9-4-2-5-10(8-9)16(17,18)19)21-13-11(15(22)23)6-3-7-12(13)20/h2-8H,1H3;2-8H,20H2,1H3. The van der Waals surface area contributed by atoms with Crippen LogP contribution in [-0.2, 0) is 26.4 Å². The average molecular weight is 669 g/mol. The second-order valence-electron chi connectivity index (χ2n) is 10.4. The first-order chi connectivity index (χ1) is 22.5. The number of nitro benzene ring substituents is 1. The van der Waals surface area contributed by atoms with Crippen LogP contribution in [-0.4, -0.2) is 24.0 Å². The lowest BCUT2D eigenvalue weighted by Gasteiger charge is -2.12. The molecule has 48 heavy (non-hydrogen) atoms. The van der Waals surface area contributed by atoms with Crippen LogP contribution in [0, 0.1) is 10.1 Å². The van der Waals surface area contributed by atoms with Gasteiger partial charge in [-0.1, -0.05) is 36.4 Å². The van der Waals surface area contributed by atoms with E-state index in [0.717, 1.165) is 28.8 Å². The van der Waals surface area contributed by atoms with Crippen molar-refractivity contribution in [1.82, 2.24) is 19.1 Å². The minimum absolute atomic E-state index is 0.0208. The van der Waals surface area contributed by atoms with Gasteiger partial charge in [0.05, 0.1) is 32.5 Å². The van der Waals surface area contributed by atoms with Crippen molar-refractivity contribution in [2.45, 2.75) is 12.4 Å². The number of benzene rings is 4. The Morgan fingerprint density at radius 2 is 1.08 bits per heavy atom. The van der Waals surface area contributed by atoms with Gasteiger partial charge in [-0.05, 0) is 42.5 Å². The minimum atomic E-state index is -4.56. The Bertz CT molecular complexity index is 2350. The number of non-ortho nitro benzene ring substituents is 1. The number of rotatable bonds is 3. The third-order valence-electron chi connectivity index (χ3n) is 7.32. The van der Waals surface area contributed by atoms with Gasteiger partial charge in [0.1, 0.15) is 17.2 Å². The molecule has 2 heterocycles. The van der Waals surface area contributed by atoms with Crippen molar-refractivity contribution in [1.29, 1.82) is 0 Å².